The molecule has 0 N–H and O–H groups in total. The van der Waals surface area contributed by atoms with Gasteiger partial charge in [0.25, 0.3) is 0 Å². The summed E-state index contributed by atoms with van der Waals surface area (Å²) in [6, 6.07) is 18.2. The molecule has 1 aromatic heterocycles. The maximum Gasteiger partial charge on any atom is 0.240 e. The van der Waals surface area contributed by atoms with Crippen molar-refractivity contribution in [1.29, 1.82) is 0 Å². The number of para-hydroxylation sites is 1. The molecule has 0 unspecified atom stereocenters. The van der Waals surface area contributed by atoms with Crippen LogP contribution in [0.4, 0.5) is 0 Å². The highest BCUT2D eigenvalue weighted by molar-refractivity contribution is 8.00. The molecule has 0 radical (unpaired) electrons. The summed E-state index contributed by atoms with van der Waals surface area (Å²) in [6.07, 6.45) is 3.36. The van der Waals surface area contributed by atoms with Gasteiger partial charge in [-0.15, -0.1) is 10.2 Å². The molecule has 1 atom stereocenters. The fraction of sp³-hybridized carbons (Fsp3) is 0.348. The quantitative estimate of drug-likeness (QED) is 0.575. The molecule has 0 bridgehead atoms. The number of rotatable bonds is 5. The highest BCUT2D eigenvalue weighted by atomic mass is 32.2. The summed E-state index contributed by atoms with van der Waals surface area (Å²) in [5.41, 5.74) is 3.20. The molecular weight excluding hydrogens is 380 g/mol. The molecule has 4 rings (SSSR count). The summed E-state index contributed by atoms with van der Waals surface area (Å²) in [7, 11) is 0. The van der Waals surface area contributed by atoms with Crippen molar-refractivity contribution in [2.45, 2.75) is 43.5 Å². The van der Waals surface area contributed by atoms with Crippen molar-refractivity contribution >= 4 is 17.7 Å². The number of nitrogens with zero attached hydrogens (tertiary/aromatic N) is 4. The van der Waals surface area contributed by atoms with Crippen LogP contribution in [0.15, 0.2) is 59.8 Å². The van der Waals surface area contributed by atoms with Crippen LogP contribution in [0.3, 0.4) is 0 Å². The minimum atomic E-state index is -0.333. The Bertz CT molecular complexity index is 980. The van der Waals surface area contributed by atoms with E-state index in [9.17, 15) is 4.79 Å². The van der Waals surface area contributed by atoms with Crippen molar-refractivity contribution in [2.75, 3.05) is 13.1 Å². The van der Waals surface area contributed by atoms with E-state index in [4.69, 9.17) is 0 Å². The van der Waals surface area contributed by atoms with Gasteiger partial charge in [-0.05, 0) is 50.3 Å². The minimum Gasteiger partial charge on any atom is -0.341 e. The van der Waals surface area contributed by atoms with Gasteiger partial charge < -0.3 is 4.90 Å². The minimum absolute atomic E-state index is 0.165. The first-order chi connectivity index (χ1) is 14.1. The molecule has 0 spiro atoms. The molecule has 3 aromatic rings. The Morgan fingerprint density at radius 1 is 0.931 bits per heavy atom. The van der Waals surface area contributed by atoms with Gasteiger partial charge in [0.15, 0.2) is 5.16 Å². The molecule has 1 saturated heterocycles. The van der Waals surface area contributed by atoms with E-state index >= 15 is 0 Å². The predicted molar refractivity (Wildman–Crippen MR) is 116 cm³/mol. The van der Waals surface area contributed by atoms with Gasteiger partial charge in [-0.2, -0.15) is 0 Å². The van der Waals surface area contributed by atoms with Crippen molar-refractivity contribution in [1.82, 2.24) is 19.7 Å². The van der Waals surface area contributed by atoms with E-state index in [0.717, 1.165) is 53.7 Å². The van der Waals surface area contributed by atoms with E-state index in [1.54, 1.807) is 0 Å². The van der Waals surface area contributed by atoms with Crippen LogP contribution in [0.1, 0.15) is 41.5 Å². The molecule has 1 aliphatic rings. The van der Waals surface area contributed by atoms with Gasteiger partial charge in [-0.3, -0.25) is 9.36 Å². The summed E-state index contributed by atoms with van der Waals surface area (Å²) in [5.74, 6) is 0.983. The Balaban J connectivity index is 1.71. The van der Waals surface area contributed by atoms with Gasteiger partial charge in [-0.1, -0.05) is 60.3 Å². The lowest BCUT2D eigenvalue weighted by Crippen LogP contribution is -2.38. The molecule has 150 valence electrons. The Hall–Kier alpha value is -2.60. The topological polar surface area (TPSA) is 51.0 Å². The van der Waals surface area contributed by atoms with Crippen molar-refractivity contribution in [2.24, 2.45) is 0 Å². The molecule has 6 heteroatoms. The van der Waals surface area contributed by atoms with E-state index in [1.807, 2.05) is 54.3 Å². The van der Waals surface area contributed by atoms with Gasteiger partial charge in [0.1, 0.15) is 11.1 Å². The number of hydrogen-bond donors (Lipinski definition) is 0. The molecule has 1 fully saturated rings. The van der Waals surface area contributed by atoms with E-state index in [2.05, 4.69) is 33.8 Å². The van der Waals surface area contributed by atoms with E-state index in [0.29, 0.717) is 0 Å². The molecular formula is C23H26N4OS. The molecule has 0 saturated carbocycles. The molecule has 5 nitrogen and oxygen atoms in total. The second-order valence-corrected chi connectivity index (χ2v) is 8.52. The van der Waals surface area contributed by atoms with Crippen LogP contribution >= 0.6 is 11.8 Å². The third-order valence-electron chi connectivity index (χ3n) is 5.37. The Kier molecular flexibility index (Phi) is 6.00. The summed E-state index contributed by atoms with van der Waals surface area (Å²) in [6.45, 7) is 5.71. The van der Waals surface area contributed by atoms with E-state index in [-0.39, 0.29) is 11.2 Å². The van der Waals surface area contributed by atoms with Gasteiger partial charge in [0.05, 0.1) is 5.69 Å². The van der Waals surface area contributed by atoms with Crippen LogP contribution in [0.2, 0.25) is 0 Å². The van der Waals surface area contributed by atoms with Crippen molar-refractivity contribution in [3.63, 3.8) is 0 Å². The standard InChI is InChI=1S/C23H26N4OS/c1-17-11-7-8-14-20(17)27-18(2)24-25-23(27)29-21(19-12-5-3-6-13-19)22(28)26-15-9-4-10-16-26/h3,5-8,11-14,21H,4,9-10,15-16H2,1-2H3/t21-/m0/s1. The maximum absolute atomic E-state index is 13.5. The monoisotopic (exact) mass is 406 g/mol. The van der Waals surface area contributed by atoms with E-state index in [1.165, 1.54) is 18.2 Å². The lowest BCUT2D eigenvalue weighted by molar-refractivity contribution is -0.131. The number of carbonyl (C=O) groups excluding carboxylic acids is 1. The van der Waals surface area contributed by atoms with Crippen molar-refractivity contribution in [3.05, 3.63) is 71.5 Å². The van der Waals surface area contributed by atoms with Crippen molar-refractivity contribution in [3.8, 4) is 5.69 Å². The van der Waals surface area contributed by atoms with Gasteiger partial charge in [-0.25, -0.2) is 0 Å². The Labute approximate surface area is 176 Å². The highest BCUT2D eigenvalue weighted by Crippen LogP contribution is 2.38. The van der Waals surface area contributed by atoms with Gasteiger partial charge >= 0.3 is 0 Å². The first-order valence-corrected chi connectivity index (χ1v) is 11.0. The van der Waals surface area contributed by atoms with Crippen LogP contribution in [0, 0.1) is 13.8 Å². The summed E-state index contributed by atoms with van der Waals surface area (Å²) < 4.78 is 2.05. The predicted octanol–water partition coefficient (Wildman–Crippen LogP) is 4.73. The normalized spacial score (nSPS) is 15.3. The van der Waals surface area contributed by atoms with Crippen molar-refractivity contribution < 1.29 is 4.79 Å². The first kappa shape index (κ1) is 19.7. The molecule has 29 heavy (non-hydrogen) atoms. The molecule has 1 amide bonds. The van der Waals surface area contributed by atoms with E-state index < -0.39 is 0 Å². The average molecular weight is 407 g/mol. The number of aromatic nitrogens is 3. The number of benzene rings is 2. The Morgan fingerprint density at radius 2 is 1.62 bits per heavy atom. The summed E-state index contributed by atoms with van der Waals surface area (Å²) in [4.78, 5) is 15.5. The third kappa shape index (κ3) is 4.22. The van der Waals surface area contributed by atoms with Gasteiger partial charge in [0.2, 0.25) is 5.91 Å². The zero-order chi connectivity index (χ0) is 20.2. The molecule has 2 aromatic carbocycles. The average Bonchev–Trinajstić information content (AvgIpc) is 3.13. The smallest absolute Gasteiger partial charge is 0.240 e. The van der Waals surface area contributed by atoms with Crippen LogP contribution < -0.4 is 0 Å². The zero-order valence-corrected chi connectivity index (χ0v) is 17.7. The largest absolute Gasteiger partial charge is 0.341 e. The Morgan fingerprint density at radius 3 is 2.34 bits per heavy atom. The number of carbonyl (C=O) groups is 1. The van der Waals surface area contributed by atoms with Crippen LogP contribution in [0.25, 0.3) is 5.69 Å². The molecule has 2 heterocycles. The fourth-order valence-electron chi connectivity index (χ4n) is 3.79. The summed E-state index contributed by atoms with van der Waals surface area (Å²) in [5, 5.41) is 9.16. The summed E-state index contributed by atoms with van der Waals surface area (Å²) >= 11 is 1.49. The first-order valence-electron chi connectivity index (χ1n) is 10.1. The van der Waals surface area contributed by atoms with Gasteiger partial charge in [0, 0.05) is 13.1 Å². The molecule has 0 aliphatic carbocycles. The lowest BCUT2D eigenvalue weighted by Gasteiger charge is -2.30. The van der Waals surface area contributed by atoms with Crippen LogP contribution in [-0.4, -0.2) is 38.7 Å². The SMILES string of the molecule is Cc1ccccc1-n1c(C)nnc1S[C@H](C(=O)N1CCCCC1)c1ccccc1. The number of thioether (sulfide) groups is 1. The second-order valence-electron chi connectivity index (χ2n) is 7.45. The number of aryl methyl sites for hydroxylation is 2. The molecule has 1 aliphatic heterocycles. The second kappa shape index (κ2) is 8.82. The van der Waals surface area contributed by atoms with Crippen LogP contribution in [0.5, 0.6) is 0 Å². The number of piperidine rings is 1. The third-order valence-corrected chi connectivity index (χ3v) is 6.55. The fourth-order valence-corrected chi connectivity index (χ4v) is 4.96. The number of hydrogen-bond acceptors (Lipinski definition) is 4. The van der Waals surface area contributed by atoms with Crippen LogP contribution in [-0.2, 0) is 4.79 Å². The number of amides is 1. The maximum atomic E-state index is 13.5. The zero-order valence-electron chi connectivity index (χ0n) is 16.9. The lowest BCUT2D eigenvalue weighted by atomic mass is 10.1. The number of likely N-dealkylation sites (tertiary alicyclic amines) is 1. The highest BCUT2D eigenvalue weighted by Gasteiger charge is 2.30.